The third-order valence-corrected chi connectivity index (χ3v) is 7.15. The van der Waals surface area contributed by atoms with E-state index in [1.165, 1.54) is 0 Å². The first kappa shape index (κ1) is 21.2. The number of anilines is 1. The summed E-state index contributed by atoms with van der Waals surface area (Å²) in [5, 5.41) is 0.663. The summed E-state index contributed by atoms with van der Waals surface area (Å²) < 4.78 is 38.3. The monoisotopic (exact) mass is 466 g/mol. The maximum absolute atomic E-state index is 13.4. The summed E-state index contributed by atoms with van der Waals surface area (Å²) in [6.07, 6.45) is 0.822. The Kier molecular flexibility index (Phi) is 6.06. The Morgan fingerprint density at radius 2 is 1.77 bits per heavy atom. The molecule has 1 aliphatic heterocycles. The van der Waals surface area contributed by atoms with Gasteiger partial charge in [-0.1, -0.05) is 42.3 Å². The van der Waals surface area contributed by atoms with Crippen molar-refractivity contribution in [2.24, 2.45) is 0 Å². The molecular formula is C21H20Cl2N2O4S. The van der Waals surface area contributed by atoms with E-state index in [-0.39, 0.29) is 21.7 Å². The molecule has 0 bridgehead atoms. The van der Waals surface area contributed by atoms with E-state index >= 15 is 0 Å². The van der Waals surface area contributed by atoms with Crippen molar-refractivity contribution in [3.8, 4) is 11.5 Å². The summed E-state index contributed by atoms with van der Waals surface area (Å²) >= 11 is 12.3. The normalized spacial score (nSPS) is 14.8. The molecule has 0 amide bonds. The first-order chi connectivity index (χ1) is 14.4. The molecule has 4 rings (SSSR count). The van der Waals surface area contributed by atoms with Crippen molar-refractivity contribution in [2.45, 2.75) is 23.3 Å². The number of benzene rings is 2. The maximum Gasteiger partial charge on any atom is 0.236 e. The number of rotatable bonds is 5. The number of ether oxygens (including phenoxy) is 1. The number of aryl methyl sites for hydroxylation is 1. The van der Waals surface area contributed by atoms with Gasteiger partial charge in [-0.2, -0.15) is 4.98 Å². The van der Waals surface area contributed by atoms with Crippen LogP contribution in [0.3, 0.4) is 0 Å². The Labute approximate surface area is 185 Å². The number of aromatic nitrogens is 1. The average Bonchev–Trinajstić information content (AvgIpc) is 3.20. The van der Waals surface area contributed by atoms with Crippen molar-refractivity contribution in [1.29, 1.82) is 0 Å². The van der Waals surface area contributed by atoms with Crippen molar-refractivity contribution >= 4 is 38.9 Å². The van der Waals surface area contributed by atoms with Gasteiger partial charge >= 0.3 is 0 Å². The molecule has 0 aliphatic carbocycles. The Morgan fingerprint density at radius 1 is 1.07 bits per heavy atom. The van der Waals surface area contributed by atoms with E-state index in [0.29, 0.717) is 41.9 Å². The predicted molar refractivity (Wildman–Crippen MR) is 116 cm³/mol. The highest BCUT2D eigenvalue weighted by Crippen LogP contribution is 2.37. The fraction of sp³-hybridized carbons (Fsp3) is 0.286. The Hall–Kier alpha value is -2.06. The zero-order valence-electron chi connectivity index (χ0n) is 16.3. The molecule has 1 saturated heterocycles. The third-order valence-electron chi connectivity index (χ3n) is 4.94. The summed E-state index contributed by atoms with van der Waals surface area (Å²) in [6.45, 7) is 3.96. The minimum Gasteiger partial charge on any atom is -0.419 e. The summed E-state index contributed by atoms with van der Waals surface area (Å²) in [5.74, 6) is 0.320. The molecule has 0 N–H and O–H groups in total. The van der Waals surface area contributed by atoms with E-state index < -0.39 is 9.84 Å². The van der Waals surface area contributed by atoms with Crippen LogP contribution in [0.2, 0.25) is 10.0 Å². The highest BCUT2D eigenvalue weighted by molar-refractivity contribution is 7.91. The predicted octanol–water partition coefficient (Wildman–Crippen LogP) is 4.88. The van der Waals surface area contributed by atoms with Crippen molar-refractivity contribution < 1.29 is 17.6 Å². The molecular weight excluding hydrogens is 447 g/mol. The van der Waals surface area contributed by atoms with E-state index in [1.807, 2.05) is 11.8 Å². The fourth-order valence-corrected chi connectivity index (χ4v) is 5.04. The molecule has 0 radical (unpaired) electrons. The highest BCUT2D eigenvalue weighted by Gasteiger charge is 2.32. The van der Waals surface area contributed by atoms with Crippen LogP contribution in [0.1, 0.15) is 12.5 Å². The second-order valence-corrected chi connectivity index (χ2v) is 9.56. The van der Waals surface area contributed by atoms with Crippen LogP contribution in [0, 0.1) is 0 Å². The van der Waals surface area contributed by atoms with E-state index in [1.54, 1.807) is 42.5 Å². The number of morpholine rings is 1. The van der Waals surface area contributed by atoms with Gasteiger partial charge in [0.15, 0.2) is 0 Å². The van der Waals surface area contributed by atoms with Gasteiger partial charge < -0.3 is 14.1 Å². The lowest BCUT2D eigenvalue weighted by Crippen LogP contribution is -2.36. The summed E-state index contributed by atoms with van der Waals surface area (Å²) in [6, 6.07) is 11.7. The SMILES string of the molecule is CCc1ccc(S(=O)(=O)c2nc(-c3ccc(Cl)cc3Cl)oc2N2CCOCC2)cc1. The third kappa shape index (κ3) is 4.07. The Bertz CT molecular complexity index is 1150. The highest BCUT2D eigenvalue weighted by atomic mass is 35.5. The van der Waals surface area contributed by atoms with E-state index in [0.717, 1.165) is 12.0 Å². The smallest absolute Gasteiger partial charge is 0.236 e. The van der Waals surface area contributed by atoms with Crippen LogP contribution in [-0.4, -0.2) is 39.7 Å². The Morgan fingerprint density at radius 3 is 2.40 bits per heavy atom. The molecule has 30 heavy (non-hydrogen) atoms. The molecule has 0 saturated carbocycles. The van der Waals surface area contributed by atoms with E-state index in [2.05, 4.69) is 4.98 Å². The zero-order valence-corrected chi connectivity index (χ0v) is 18.6. The van der Waals surface area contributed by atoms with Gasteiger partial charge in [0.2, 0.25) is 26.6 Å². The number of hydrogen-bond donors (Lipinski definition) is 0. The second-order valence-electron chi connectivity index (χ2n) is 6.85. The van der Waals surface area contributed by atoms with Gasteiger partial charge in [0.1, 0.15) is 0 Å². The van der Waals surface area contributed by atoms with Gasteiger partial charge in [-0.3, -0.25) is 0 Å². The van der Waals surface area contributed by atoms with Crippen LogP contribution in [0.5, 0.6) is 0 Å². The van der Waals surface area contributed by atoms with Crippen LogP contribution in [0.4, 0.5) is 5.88 Å². The lowest BCUT2D eigenvalue weighted by atomic mass is 10.2. The topological polar surface area (TPSA) is 72.6 Å². The number of nitrogens with zero attached hydrogens (tertiary/aromatic N) is 2. The molecule has 2 aromatic carbocycles. The number of hydrogen-bond acceptors (Lipinski definition) is 6. The number of sulfone groups is 1. The molecule has 1 aromatic heterocycles. The van der Waals surface area contributed by atoms with E-state index in [9.17, 15) is 8.42 Å². The van der Waals surface area contributed by atoms with Crippen LogP contribution in [0.15, 0.2) is 56.8 Å². The van der Waals surface area contributed by atoms with Crippen LogP contribution in [-0.2, 0) is 21.0 Å². The van der Waals surface area contributed by atoms with Gasteiger partial charge in [-0.05, 0) is 42.3 Å². The Balaban J connectivity index is 1.84. The van der Waals surface area contributed by atoms with Crippen molar-refractivity contribution in [3.63, 3.8) is 0 Å². The minimum absolute atomic E-state index is 0.127. The molecule has 0 atom stereocenters. The molecule has 1 aliphatic rings. The molecule has 2 heterocycles. The van der Waals surface area contributed by atoms with Crippen molar-refractivity contribution in [1.82, 2.24) is 4.98 Å². The van der Waals surface area contributed by atoms with Crippen molar-refractivity contribution in [3.05, 3.63) is 58.1 Å². The van der Waals surface area contributed by atoms with Gasteiger partial charge in [0.25, 0.3) is 0 Å². The fourth-order valence-electron chi connectivity index (χ4n) is 3.23. The zero-order chi connectivity index (χ0) is 21.3. The lowest BCUT2D eigenvalue weighted by Gasteiger charge is -2.26. The molecule has 0 spiro atoms. The quantitative estimate of drug-likeness (QED) is 0.533. The molecule has 158 valence electrons. The van der Waals surface area contributed by atoms with Gasteiger partial charge in [0.05, 0.1) is 28.7 Å². The summed E-state index contributed by atoms with van der Waals surface area (Å²) in [4.78, 5) is 6.37. The van der Waals surface area contributed by atoms with Crippen molar-refractivity contribution in [2.75, 3.05) is 31.2 Å². The van der Waals surface area contributed by atoms with Gasteiger partial charge in [0, 0.05) is 18.1 Å². The van der Waals surface area contributed by atoms with Gasteiger partial charge in [-0.25, -0.2) is 8.42 Å². The van der Waals surface area contributed by atoms with Crippen LogP contribution < -0.4 is 4.90 Å². The average molecular weight is 467 g/mol. The summed E-state index contributed by atoms with van der Waals surface area (Å²) in [7, 11) is -3.91. The van der Waals surface area contributed by atoms with Gasteiger partial charge in [-0.15, -0.1) is 0 Å². The molecule has 1 fully saturated rings. The minimum atomic E-state index is -3.91. The van der Waals surface area contributed by atoms with Crippen LogP contribution >= 0.6 is 23.2 Å². The van der Waals surface area contributed by atoms with E-state index in [4.69, 9.17) is 32.4 Å². The first-order valence-electron chi connectivity index (χ1n) is 9.53. The molecule has 3 aromatic rings. The molecule has 0 unspecified atom stereocenters. The number of oxazole rings is 1. The largest absolute Gasteiger partial charge is 0.419 e. The number of halogens is 2. The molecule has 6 nitrogen and oxygen atoms in total. The second kappa shape index (κ2) is 8.59. The molecule has 9 heteroatoms. The summed E-state index contributed by atoms with van der Waals surface area (Å²) in [5.41, 5.74) is 1.52. The van der Waals surface area contributed by atoms with Crippen LogP contribution in [0.25, 0.3) is 11.5 Å². The standard InChI is InChI=1S/C21H20Cl2N2O4S/c1-2-14-3-6-16(7-4-14)30(26,27)20-21(25-9-11-28-12-10-25)29-19(24-20)17-8-5-15(22)13-18(17)23/h3-8,13H,2,9-12H2,1H3. The maximum atomic E-state index is 13.4. The lowest BCUT2D eigenvalue weighted by molar-refractivity contribution is 0.120. The first-order valence-corrected chi connectivity index (χ1v) is 11.8.